The molecule has 0 fully saturated rings. The molecule has 0 N–H and O–H groups in total. The Bertz CT molecular complexity index is 1680. The van der Waals surface area contributed by atoms with E-state index in [9.17, 15) is 24.0 Å². The minimum Gasteiger partial charge on any atom is -0.462 e. The molecular weight excluding hydrogens is 1300 g/mol. The molecule has 0 saturated heterocycles. The van der Waals surface area contributed by atoms with Crippen molar-refractivity contribution in [1.82, 2.24) is 0 Å². The topological polar surface area (TPSA) is 132 Å². The lowest BCUT2D eigenvalue weighted by Gasteiger charge is -2.32. The van der Waals surface area contributed by atoms with Crippen LogP contribution in [0, 0.1) is 0 Å². The van der Waals surface area contributed by atoms with Gasteiger partial charge < -0.3 is 23.7 Å². The van der Waals surface area contributed by atoms with Crippen LogP contribution in [0.15, 0.2) is 0 Å². The van der Waals surface area contributed by atoms with E-state index in [-0.39, 0.29) is 45.3 Å². The van der Waals surface area contributed by atoms with E-state index in [1.54, 1.807) is 0 Å². The highest BCUT2D eigenvalue weighted by Crippen LogP contribution is 2.24. The summed E-state index contributed by atoms with van der Waals surface area (Å²) in [7, 11) is 0. The fourth-order valence-corrected chi connectivity index (χ4v) is 15.1. The van der Waals surface area contributed by atoms with Crippen LogP contribution in [-0.2, 0) is 47.7 Å². The molecule has 0 aromatic rings. The fourth-order valence-electron chi connectivity index (χ4n) is 15.1. The first-order valence-electron chi connectivity index (χ1n) is 47.6. The van der Waals surface area contributed by atoms with Gasteiger partial charge in [0.25, 0.3) is 0 Å². The Morgan fingerprint density at radius 1 is 0.162 bits per heavy atom. The van der Waals surface area contributed by atoms with Crippen LogP contribution >= 0.6 is 0 Å². The van der Waals surface area contributed by atoms with E-state index in [1.807, 2.05) is 0 Å². The number of unbranched alkanes of at least 4 members (excludes halogenated alkanes) is 70. The first kappa shape index (κ1) is 102. The standard InChI is InChI=1S/C95H182O10/c1-6-11-16-21-26-31-36-41-46-51-56-61-66-71-76-81-90(96)101-86-88(103-92(98)83-78-73-68-63-58-53-48-43-38-33-28-23-18-13-8-3)95(105-94(100)85-80-75-70-65-60-55-50-45-40-35-30-25-20-15-10-5)89(104-93(99)84-79-74-69-64-59-54-49-44-39-34-29-24-19-14-9-4)87-102-91(97)82-77-72-67-62-57-52-47-42-37-32-27-22-17-12-7-2/h88-89,95H,6-87H2,1-5H3/t88-,89+,95?. The first-order chi connectivity index (χ1) is 51.7. The zero-order chi connectivity index (χ0) is 76.1. The van der Waals surface area contributed by atoms with Crippen molar-refractivity contribution in [3.05, 3.63) is 0 Å². The third kappa shape index (κ3) is 79.3. The Morgan fingerprint density at radius 2 is 0.286 bits per heavy atom. The largest absolute Gasteiger partial charge is 0.462 e. The van der Waals surface area contributed by atoms with E-state index in [4.69, 9.17) is 23.7 Å². The second-order valence-electron chi connectivity index (χ2n) is 32.9. The molecule has 622 valence electrons. The maximum absolute atomic E-state index is 14.3. The zero-order valence-electron chi connectivity index (χ0n) is 71.3. The van der Waals surface area contributed by atoms with E-state index in [2.05, 4.69) is 34.6 Å². The molecule has 1 unspecified atom stereocenters. The highest BCUT2D eigenvalue weighted by Gasteiger charge is 2.40. The Labute approximate surface area is 653 Å². The highest BCUT2D eigenvalue weighted by molar-refractivity contribution is 5.72. The molecule has 0 aliphatic carbocycles. The van der Waals surface area contributed by atoms with Crippen molar-refractivity contribution in [3.8, 4) is 0 Å². The number of rotatable bonds is 89. The summed E-state index contributed by atoms with van der Waals surface area (Å²) < 4.78 is 31.2. The van der Waals surface area contributed by atoms with Gasteiger partial charge in [-0.2, -0.15) is 0 Å². The molecule has 0 aliphatic rings. The van der Waals surface area contributed by atoms with Crippen molar-refractivity contribution >= 4 is 29.8 Å². The number of hydrogen-bond donors (Lipinski definition) is 0. The van der Waals surface area contributed by atoms with Crippen LogP contribution in [0.3, 0.4) is 0 Å². The predicted octanol–water partition coefficient (Wildman–Crippen LogP) is 31.1. The van der Waals surface area contributed by atoms with Gasteiger partial charge in [0.05, 0.1) is 0 Å². The van der Waals surface area contributed by atoms with Crippen molar-refractivity contribution in [2.45, 2.75) is 567 Å². The quantitative estimate of drug-likeness (QED) is 0.0329. The summed E-state index contributed by atoms with van der Waals surface area (Å²) in [5.41, 5.74) is 0. The minimum absolute atomic E-state index is 0.131. The van der Waals surface area contributed by atoms with Gasteiger partial charge >= 0.3 is 29.8 Å². The highest BCUT2D eigenvalue weighted by atomic mass is 16.6. The average molecular weight is 1480 g/mol. The molecule has 0 rings (SSSR count). The number of carbonyl (C=O) groups is 5. The minimum atomic E-state index is -1.37. The normalized spacial score (nSPS) is 12.4. The Balaban J connectivity index is 6.40. The average Bonchev–Trinajstić information content (AvgIpc) is 0.848. The molecule has 10 heteroatoms. The second-order valence-corrected chi connectivity index (χ2v) is 32.9. The third-order valence-electron chi connectivity index (χ3n) is 22.3. The smallest absolute Gasteiger partial charge is 0.306 e. The van der Waals surface area contributed by atoms with Crippen LogP contribution in [0.4, 0.5) is 0 Å². The van der Waals surface area contributed by atoms with Gasteiger partial charge in [-0.05, 0) is 32.1 Å². The van der Waals surface area contributed by atoms with Crippen molar-refractivity contribution in [2.24, 2.45) is 0 Å². The van der Waals surface area contributed by atoms with Crippen LogP contribution in [-0.4, -0.2) is 61.4 Å². The molecule has 105 heavy (non-hydrogen) atoms. The molecule has 0 amide bonds. The second kappa shape index (κ2) is 86.9. The van der Waals surface area contributed by atoms with Gasteiger partial charge in [-0.1, -0.05) is 484 Å². The summed E-state index contributed by atoms with van der Waals surface area (Å²) in [5.74, 6) is -2.29. The lowest BCUT2D eigenvalue weighted by Crippen LogP contribution is -2.50. The molecule has 0 aromatic carbocycles. The van der Waals surface area contributed by atoms with E-state index in [0.29, 0.717) is 32.1 Å². The monoisotopic (exact) mass is 1480 g/mol. The van der Waals surface area contributed by atoms with Gasteiger partial charge in [-0.25, -0.2) is 0 Å². The first-order valence-corrected chi connectivity index (χ1v) is 47.6. The van der Waals surface area contributed by atoms with Crippen molar-refractivity contribution in [3.63, 3.8) is 0 Å². The van der Waals surface area contributed by atoms with Gasteiger partial charge in [-0.15, -0.1) is 0 Å². The lowest BCUT2D eigenvalue weighted by atomic mass is 10.0. The third-order valence-corrected chi connectivity index (χ3v) is 22.3. The molecule has 0 aliphatic heterocycles. The van der Waals surface area contributed by atoms with Crippen molar-refractivity contribution in [1.29, 1.82) is 0 Å². The summed E-state index contributed by atoms with van der Waals surface area (Å²) in [6, 6.07) is 0. The summed E-state index contributed by atoms with van der Waals surface area (Å²) in [5, 5.41) is 0. The van der Waals surface area contributed by atoms with Crippen LogP contribution < -0.4 is 0 Å². The Morgan fingerprint density at radius 3 is 0.438 bits per heavy atom. The Kier molecular flexibility index (Phi) is 84.7. The number of carbonyl (C=O) groups excluding carboxylic acids is 5. The van der Waals surface area contributed by atoms with Crippen LogP contribution in [0.2, 0.25) is 0 Å². The van der Waals surface area contributed by atoms with Gasteiger partial charge in [-0.3, -0.25) is 24.0 Å². The van der Waals surface area contributed by atoms with Gasteiger partial charge in [0.15, 0.2) is 18.3 Å². The lowest BCUT2D eigenvalue weighted by molar-refractivity contribution is -0.197. The molecule has 0 saturated carbocycles. The van der Waals surface area contributed by atoms with Crippen molar-refractivity contribution < 1.29 is 47.7 Å². The fraction of sp³-hybridized carbons (Fsp3) is 0.947. The number of esters is 5. The van der Waals surface area contributed by atoms with E-state index in [0.717, 1.165) is 96.3 Å². The summed E-state index contributed by atoms with van der Waals surface area (Å²) >= 11 is 0. The van der Waals surface area contributed by atoms with Crippen LogP contribution in [0.1, 0.15) is 548 Å². The molecule has 0 aromatic heterocycles. The molecule has 3 atom stereocenters. The maximum atomic E-state index is 14.3. The molecular formula is C95H182O10. The molecule has 0 spiro atoms. The Hall–Kier alpha value is -2.65. The summed E-state index contributed by atoms with van der Waals surface area (Å²) in [6.07, 6.45) is 88.1. The van der Waals surface area contributed by atoms with Crippen LogP contribution in [0.5, 0.6) is 0 Å². The van der Waals surface area contributed by atoms with Gasteiger partial charge in [0.2, 0.25) is 0 Å². The van der Waals surface area contributed by atoms with E-state index in [1.165, 1.54) is 353 Å². The predicted molar refractivity (Wildman–Crippen MR) is 449 cm³/mol. The number of ether oxygens (including phenoxy) is 5. The van der Waals surface area contributed by atoms with Gasteiger partial charge in [0.1, 0.15) is 13.2 Å². The van der Waals surface area contributed by atoms with Gasteiger partial charge in [0, 0.05) is 32.1 Å². The zero-order valence-corrected chi connectivity index (χ0v) is 71.3. The SMILES string of the molecule is CCCCCCCCCCCCCCCCCC(=O)OC[C@H](OC(=O)CCCCCCCCCCCCCCCCC)C(OC(=O)CCCCCCCCCCCCCCCCC)[C@@H](COC(=O)CCCCCCCCCCCCCCCCC)OC(=O)CCCCCCCCCCCCCCCCC. The van der Waals surface area contributed by atoms with Crippen LogP contribution in [0.25, 0.3) is 0 Å². The van der Waals surface area contributed by atoms with Crippen molar-refractivity contribution in [2.75, 3.05) is 13.2 Å². The van der Waals surface area contributed by atoms with E-state index >= 15 is 0 Å². The molecule has 0 radical (unpaired) electrons. The van der Waals surface area contributed by atoms with E-state index < -0.39 is 48.2 Å². The summed E-state index contributed by atoms with van der Waals surface area (Å²) in [6.45, 7) is 10.6. The maximum Gasteiger partial charge on any atom is 0.306 e. The number of hydrogen-bond acceptors (Lipinski definition) is 10. The molecule has 10 nitrogen and oxygen atoms in total. The molecule has 0 bridgehead atoms. The molecule has 0 heterocycles. The summed E-state index contributed by atoms with van der Waals surface area (Å²) in [4.78, 5) is 70.2.